The first kappa shape index (κ1) is 23.3. The lowest BCUT2D eigenvalue weighted by Gasteiger charge is -2.38. The van der Waals surface area contributed by atoms with Gasteiger partial charge in [0.2, 0.25) is 0 Å². The molecule has 3 unspecified atom stereocenters. The second-order valence-corrected chi connectivity index (χ2v) is 13.7. The molecule has 0 radical (unpaired) electrons. The minimum absolute atomic E-state index is 0.199. The minimum Gasteiger partial charge on any atom is -0.319 e. The van der Waals surface area contributed by atoms with Crippen molar-refractivity contribution in [1.82, 2.24) is 0 Å². The van der Waals surface area contributed by atoms with E-state index in [4.69, 9.17) is 0 Å². The molecule has 2 heteroatoms. The molecule has 0 spiro atoms. The zero-order valence-electron chi connectivity index (χ0n) is 21.1. The minimum atomic E-state index is -2.35. The number of allylic oxidation sites excluding steroid dienone is 14. The Hall–Kier alpha value is -3.15. The average molecular weight is 489 g/mol. The zero-order valence-corrected chi connectivity index (χ0v) is 22.0. The summed E-state index contributed by atoms with van der Waals surface area (Å²) in [6, 6.07) is 17.6. The highest BCUT2D eigenvalue weighted by Gasteiger charge is 2.36. The average Bonchev–Trinajstić information content (AvgIpc) is 2.95. The summed E-state index contributed by atoms with van der Waals surface area (Å²) in [4.78, 5) is 0. The van der Waals surface area contributed by atoms with Gasteiger partial charge in [-0.3, -0.25) is 0 Å². The standard InChI is InChI=1S/C34H33OP/c1-3-36(35,4-2)28-15-11-14-26(23-28)33-29-16-7-9-18-31(29)34(32-19-10-8-17-30(32)33)27-21-20-24-12-5-6-13-25(24)22-27/h5-19,21-24,29,33H,3-4,20H2,1-2H3. The molecule has 0 N–H and O–H groups in total. The number of hydrogen-bond donors (Lipinski definition) is 0. The quantitative estimate of drug-likeness (QED) is 0.387. The van der Waals surface area contributed by atoms with Gasteiger partial charge in [0.15, 0.2) is 0 Å². The first-order chi connectivity index (χ1) is 17.6. The van der Waals surface area contributed by atoms with E-state index in [1.54, 1.807) is 0 Å². The zero-order chi connectivity index (χ0) is 24.7. The Morgan fingerprint density at radius 1 is 0.889 bits per heavy atom. The van der Waals surface area contributed by atoms with Crippen LogP contribution in [0.4, 0.5) is 0 Å². The fourth-order valence-electron chi connectivity index (χ4n) is 6.35. The largest absolute Gasteiger partial charge is 0.319 e. The van der Waals surface area contributed by atoms with E-state index < -0.39 is 7.14 Å². The third-order valence-electron chi connectivity index (χ3n) is 8.37. The summed E-state index contributed by atoms with van der Waals surface area (Å²) >= 11 is 0. The molecule has 6 rings (SSSR count). The van der Waals surface area contributed by atoms with E-state index in [0.29, 0.717) is 18.2 Å². The molecule has 0 aliphatic heterocycles. The van der Waals surface area contributed by atoms with Crippen LogP contribution in [0.5, 0.6) is 0 Å². The van der Waals surface area contributed by atoms with Gasteiger partial charge in [0.05, 0.1) is 0 Å². The van der Waals surface area contributed by atoms with Crippen LogP contribution in [0.3, 0.4) is 0 Å². The fraction of sp³-hybridized carbons (Fsp3) is 0.235. The molecule has 0 amide bonds. The Morgan fingerprint density at radius 3 is 2.56 bits per heavy atom. The Labute approximate surface area is 215 Å². The molecule has 180 valence electrons. The number of hydrogen-bond acceptors (Lipinski definition) is 1. The van der Waals surface area contributed by atoms with Crippen LogP contribution in [-0.2, 0) is 4.57 Å². The molecule has 2 aromatic carbocycles. The van der Waals surface area contributed by atoms with Crippen LogP contribution < -0.4 is 5.30 Å². The third kappa shape index (κ3) is 3.82. The van der Waals surface area contributed by atoms with Gasteiger partial charge in [0, 0.05) is 35.4 Å². The lowest BCUT2D eigenvalue weighted by molar-refractivity contribution is 0.582. The van der Waals surface area contributed by atoms with Gasteiger partial charge in [0.25, 0.3) is 0 Å². The van der Waals surface area contributed by atoms with E-state index in [1.807, 2.05) is 0 Å². The molecule has 2 aromatic rings. The molecule has 0 saturated carbocycles. The van der Waals surface area contributed by atoms with Crippen LogP contribution in [-0.4, -0.2) is 12.3 Å². The van der Waals surface area contributed by atoms with Gasteiger partial charge in [-0.05, 0) is 51.5 Å². The summed E-state index contributed by atoms with van der Waals surface area (Å²) in [5.41, 5.74) is 9.44. The Morgan fingerprint density at radius 2 is 1.69 bits per heavy atom. The van der Waals surface area contributed by atoms with Crippen molar-refractivity contribution >= 4 is 18.0 Å². The monoisotopic (exact) mass is 488 g/mol. The Balaban J connectivity index is 1.52. The molecular weight excluding hydrogens is 455 g/mol. The van der Waals surface area contributed by atoms with Gasteiger partial charge < -0.3 is 4.57 Å². The lowest BCUT2D eigenvalue weighted by atomic mass is 9.66. The maximum absolute atomic E-state index is 13.6. The molecular formula is C34H33OP. The normalized spacial score (nSPS) is 24.1. The third-order valence-corrected chi connectivity index (χ3v) is 11.6. The molecule has 1 nitrogen and oxygen atoms in total. The second-order valence-electron chi connectivity index (χ2n) is 10.2. The van der Waals surface area contributed by atoms with E-state index in [-0.39, 0.29) is 11.8 Å². The molecule has 36 heavy (non-hydrogen) atoms. The van der Waals surface area contributed by atoms with Gasteiger partial charge in [-0.25, -0.2) is 0 Å². The highest BCUT2D eigenvalue weighted by molar-refractivity contribution is 7.71. The van der Waals surface area contributed by atoms with Crippen molar-refractivity contribution in [2.24, 2.45) is 11.8 Å². The van der Waals surface area contributed by atoms with E-state index in [9.17, 15) is 4.57 Å². The first-order valence-corrected chi connectivity index (χ1v) is 15.3. The molecule has 0 bridgehead atoms. The Bertz CT molecular complexity index is 1460. The molecule has 4 aliphatic rings. The molecule has 0 heterocycles. The van der Waals surface area contributed by atoms with E-state index >= 15 is 0 Å². The van der Waals surface area contributed by atoms with Crippen LogP contribution in [0, 0.1) is 11.8 Å². The second kappa shape index (κ2) is 9.38. The van der Waals surface area contributed by atoms with Crippen LogP contribution in [0.15, 0.2) is 126 Å². The van der Waals surface area contributed by atoms with Crippen molar-refractivity contribution in [2.75, 3.05) is 12.3 Å². The molecule has 0 saturated heterocycles. The summed E-state index contributed by atoms with van der Waals surface area (Å²) in [7, 11) is -2.35. The summed E-state index contributed by atoms with van der Waals surface area (Å²) in [6.45, 7) is 4.12. The number of rotatable bonds is 5. The molecule has 0 aromatic heterocycles. The van der Waals surface area contributed by atoms with Crippen molar-refractivity contribution in [3.05, 3.63) is 143 Å². The smallest absolute Gasteiger partial charge is 0.115 e. The van der Waals surface area contributed by atoms with Gasteiger partial charge in [-0.15, -0.1) is 0 Å². The lowest BCUT2D eigenvalue weighted by Crippen LogP contribution is -2.24. The maximum atomic E-state index is 13.6. The highest BCUT2D eigenvalue weighted by Crippen LogP contribution is 2.52. The number of fused-ring (bicyclic) bond motifs is 3. The van der Waals surface area contributed by atoms with E-state index in [0.717, 1.165) is 11.7 Å². The van der Waals surface area contributed by atoms with Crippen molar-refractivity contribution < 1.29 is 4.57 Å². The van der Waals surface area contributed by atoms with E-state index in [2.05, 4.69) is 123 Å². The van der Waals surface area contributed by atoms with Crippen molar-refractivity contribution in [3.63, 3.8) is 0 Å². The van der Waals surface area contributed by atoms with Crippen molar-refractivity contribution in [3.8, 4) is 0 Å². The summed E-state index contributed by atoms with van der Waals surface area (Å²) in [6.07, 6.45) is 25.2. The summed E-state index contributed by atoms with van der Waals surface area (Å²) in [5.74, 6) is 0.936. The number of benzene rings is 2. The van der Waals surface area contributed by atoms with Crippen molar-refractivity contribution in [1.29, 1.82) is 0 Å². The van der Waals surface area contributed by atoms with Gasteiger partial charge in [0.1, 0.15) is 7.14 Å². The summed E-state index contributed by atoms with van der Waals surface area (Å²) < 4.78 is 13.6. The van der Waals surface area contributed by atoms with Crippen LogP contribution in [0.2, 0.25) is 0 Å². The molecule has 0 fully saturated rings. The van der Waals surface area contributed by atoms with Crippen LogP contribution in [0.1, 0.15) is 42.9 Å². The predicted molar refractivity (Wildman–Crippen MR) is 154 cm³/mol. The topological polar surface area (TPSA) is 17.1 Å². The molecule has 4 aliphatic carbocycles. The van der Waals surface area contributed by atoms with Gasteiger partial charge in [-0.2, -0.15) is 0 Å². The fourth-order valence-corrected chi connectivity index (χ4v) is 8.27. The van der Waals surface area contributed by atoms with Crippen LogP contribution in [0.25, 0.3) is 5.57 Å². The van der Waals surface area contributed by atoms with Crippen molar-refractivity contribution in [2.45, 2.75) is 26.2 Å². The maximum Gasteiger partial charge on any atom is 0.115 e. The van der Waals surface area contributed by atoms with Gasteiger partial charge >= 0.3 is 0 Å². The Kier molecular flexibility index (Phi) is 6.06. The van der Waals surface area contributed by atoms with Crippen LogP contribution >= 0.6 is 7.14 Å². The van der Waals surface area contributed by atoms with E-state index in [1.165, 1.54) is 39.0 Å². The first-order valence-electron chi connectivity index (χ1n) is 13.3. The summed E-state index contributed by atoms with van der Waals surface area (Å²) in [5, 5.41) is 1.03. The predicted octanol–water partition coefficient (Wildman–Crippen LogP) is 8.35. The highest BCUT2D eigenvalue weighted by atomic mass is 31.2. The molecule has 3 atom stereocenters. The SMILES string of the molecule is CCP(=O)(CC)c1cccc(C2c3ccccc3C(C3=CCC4C=CC=CC4=C3)=C3C=CC=CC32)c1. The van der Waals surface area contributed by atoms with Gasteiger partial charge in [-0.1, -0.05) is 117 Å².